The molecule has 0 aromatic heterocycles. The second kappa shape index (κ2) is 6.02. The van der Waals surface area contributed by atoms with Crippen LogP contribution in [0.4, 0.5) is 4.79 Å². The summed E-state index contributed by atoms with van der Waals surface area (Å²) in [6, 6.07) is 6.56. The van der Waals surface area contributed by atoms with Gasteiger partial charge in [0.2, 0.25) is 0 Å². The van der Waals surface area contributed by atoms with Crippen molar-refractivity contribution in [2.45, 2.75) is 20.8 Å². The third-order valence-corrected chi connectivity index (χ3v) is 1.57. The van der Waals surface area contributed by atoms with Crippen LogP contribution in [0.15, 0.2) is 18.2 Å². The van der Waals surface area contributed by atoms with Gasteiger partial charge in [0.1, 0.15) is 0 Å². The van der Waals surface area contributed by atoms with Gasteiger partial charge in [0.05, 0.1) is 7.11 Å². The predicted molar refractivity (Wildman–Crippen MR) is 57.2 cm³/mol. The standard InChI is InChI=1S/C9H12.C2H5NO2/c1-7-4-8(2)6-9(3)5-7;1-5-2(3)4/h4-6H,1-3H3;1H3,(H2,3,4). The molecule has 0 saturated heterocycles. The summed E-state index contributed by atoms with van der Waals surface area (Å²) in [7, 11) is 1.22. The van der Waals surface area contributed by atoms with Crippen molar-refractivity contribution in [3.8, 4) is 0 Å². The Balaban J connectivity index is 0.000000292. The van der Waals surface area contributed by atoms with Crippen molar-refractivity contribution in [1.29, 1.82) is 0 Å². The minimum Gasteiger partial charge on any atom is -0.453 e. The van der Waals surface area contributed by atoms with Gasteiger partial charge in [-0.3, -0.25) is 0 Å². The molecule has 0 aliphatic heterocycles. The van der Waals surface area contributed by atoms with E-state index in [0.717, 1.165) is 0 Å². The van der Waals surface area contributed by atoms with Gasteiger partial charge in [-0.15, -0.1) is 0 Å². The van der Waals surface area contributed by atoms with Gasteiger partial charge in [0.25, 0.3) is 0 Å². The molecule has 1 aromatic rings. The molecule has 1 aromatic carbocycles. The molecule has 0 aliphatic rings. The zero-order chi connectivity index (χ0) is 11.1. The maximum atomic E-state index is 9.37. The molecule has 3 nitrogen and oxygen atoms in total. The van der Waals surface area contributed by atoms with E-state index in [1.807, 2.05) is 0 Å². The average Bonchev–Trinajstić information content (AvgIpc) is 2.02. The van der Waals surface area contributed by atoms with Gasteiger partial charge in [0.15, 0.2) is 0 Å². The molecule has 3 heteroatoms. The highest BCUT2D eigenvalue weighted by Crippen LogP contribution is 2.06. The van der Waals surface area contributed by atoms with E-state index in [0.29, 0.717) is 0 Å². The number of methoxy groups -OCH3 is 1. The van der Waals surface area contributed by atoms with Crippen LogP contribution in [0.5, 0.6) is 0 Å². The third-order valence-electron chi connectivity index (χ3n) is 1.57. The van der Waals surface area contributed by atoms with Crippen molar-refractivity contribution < 1.29 is 9.53 Å². The van der Waals surface area contributed by atoms with Crippen LogP contribution in [0.3, 0.4) is 0 Å². The molecule has 14 heavy (non-hydrogen) atoms. The lowest BCUT2D eigenvalue weighted by Crippen LogP contribution is -2.08. The first kappa shape index (κ1) is 12.5. The Labute approximate surface area is 84.9 Å². The van der Waals surface area contributed by atoms with E-state index in [9.17, 15) is 4.79 Å². The number of ether oxygens (including phenoxy) is 1. The van der Waals surface area contributed by atoms with Crippen LogP contribution >= 0.6 is 0 Å². The zero-order valence-electron chi connectivity index (χ0n) is 9.13. The molecule has 0 aliphatic carbocycles. The fourth-order valence-electron chi connectivity index (χ4n) is 1.20. The van der Waals surface area contributed by atoms with Crippen molar-refractivity contribution in [3.63, 3.8) is 0 Å². The Hall–Kier alpha value is -1.51. The highest BCUT2D eigenvalue weighted by molar-refractivity contribution is 5.64. The molecule has 2 N–H and O–H groups in total. The molecule has 0 spiro atoms. The Morgan fingerprint density at radius 2 is 1.29 bits per heavy atom. The summed E-state index contributed by atoms with van der Waals surface area (Å²) < 4.78 is 3.89. The van der Waals surface area contributed by atoms with Gasteiger partial charge in [-0.1, -0.05) is 34.9 Å². The molecular formula is C11H17NO2. The number of nitrogens with two attached hydrogens (primary N) is 1. The summed E-state index contributed by atoms with van der Waals surface area (Å²) in [6.45, 7) is 6.38. The molecule has 0 fully saturated rings. The molecule has 0 heterocycles. The predicted octanol–water partition coefficient (Wildman–Crippen LogP) is 2.32. The van der Waals surface area contributed by atoms with Crippen molar-refractivity contribution in [1.82, 2.24) is 0 Å². The summed E-state index contributed by atoms with van der Waals surface area (Å²) >= 11 is 0. The number of hydrogen-bond acceptors (Lipinski definition) is 2. The summed E-state index contributed by atoms with van der Waals surface area (Å²) in [4.78, 5) is 9.37. The maximum Gasteiger partial charge on any atom is 0.404 e. The fourth-order valence-corrected chi connectivity index (χ4v) is 1.20. The second-order valence-electron chi connectivity index (χ2n) is 3.19. The number of carbonyl (C=O) groups is 1. The quantitative estimate of drug-likeness (QED) is 0.690. The van der Waals surface area contributed by atoms with Gasteiger partial charge in [-0.25, -0.2) is 4.79 Å². The zero-order valence-corrected chi connectivity index (χ0v) is 9.13. The van der Waals surface area contributed by atoms with E-state index < -0.39 is 6.09 Å². The number of primary amides is 1. The number of aryl methyl sites for hydroxylation is 3. The monoisotopic (exact) mass is 195 g/mol. The van der Waals surface area contributed by atoms with Crippen LogP contribution in [-0.2, 0) is 4.74 Å². The second-order valence-corrected chi connectivity index (χ2v) is 3.19. The van der Waals surface area contributed by atoms with Crippen molar-refractivity contribution in [2.75, 3.05) is 7.11 Å². The van der Waals surface area contributed by atoms with Gasteiger partial charge < -0.3 is 10.5 Å². The van der Waals surface area contributed by atoms with Gasteiger partial charge in [-0.2, -0.15) is 0 Å². The van der Waals surface area contributed by atoms with Crippen LogP contribution in [0, 0.1) is 20.8 Å². The number of hydrogen-bond donors (Lipinski definition) is 1. The molecule has 1 amide bonds. The molecule has 0 bridgehead atoms. The van der Waals surface area contributed by atoms with Crippen LogP contribution in [-0.4, -0.2) is 13.2 Å². The molecule has 1 rings (SSSR count). The number of amides is 1. The smallest absolute Gasteiger partial charge is 0.404 e. The fraction of sp³-hybridized carbons (Fsp3) is 0.364. The molecule has 0 atom stereocenters. The lowest BCUT2D eigenvalue weighted by molar-refractivity contribution is 0.182. The topological polar surface area (TPSA) is 52.3 Å². The molecule has 0 unspecified atom stereocenters. The Morgan fingerprint density at radius 1 is 1.07 bits per heavy atom. The highest BCUT2D eigenvalue weighted by Gasteiger charge is 1.87. The first-order valence-electron chi connectivity index (χ1n) is 4.34. The average molecular weight is 195 g/mol. The summed E-state index contributed by atoms with van der Waals surface area (Å²) in [5, 5.41) is 0. The van der Waals surface area contributed by atoms with E-state index in [-0.39, 0.29) is 0 Å². The highest BCUT2D eigenvalue weighted by atomic mass is 16.5. The Kier molecular flexibility index (Phi) is 5.37. The van der Waals surface area contributed by atoms with E-state index in [2.05, 4.69) is 49.4 Å². The first-order chi connectivity index (χ1) is 6.45. The molecule has 0 saturated carbocycles. The van der Waals surface area contributed by atoms with Crippen LogP contribution in [0.25, 0.3) is 0 Å². The Bertz CT molecular complexity index is 258. The SMILES string of the molecule is COC(N)=O.Cc1cc(C)cc(C)c1. The largest absolute Gasteiger partial charge is 0.453 e. The Morgan fingerprint density at radius 3 is 1.43 bits per heavy atom. The first-order valence-corrected chi connectivity index (χ1v) is 4.34. The minimum absolute atomic E-state index is 0.745. The maximum absolute atomic E-state index is 9.37. The minimum atomic E-state index is -0.745. The van der Waals surface area contributed by atoms with Crippen molar-refractivity contribution >= 4 is 6.09 Å². The van der Waals surface area contributed by atoms with Crippen LogP contribution in [0.2, 0.25) is 0 Å². The molecule has 0 radical (unpaired) electrons. The van der Waals surface area contributed by atoms with Crippen LogP contribution < -0.4 is 5.73 Å². The summed E-state index contributed by atoms with van der Waals surface area (Å²) in [5.41, 5.74) is 8.49. The van der Waals surface area contributed by atoms with Gasteiger partial charge >= 0.3 is 6.09 Å². The van der Waals surface area contributed by atoms with E-state index in [1.165, 1.54) is 23.8 Å². The summed E-state index contributed by atoms with van der Waals surface area (Å²) in [5.74, 6) is 0. The molecular weight excluding hydrogens is 178 g/mol. The number of benzene rings is 1. The van der Waals surface area contributed by atoms with Crippen molar-refractivity contribution in [3.05, 3.63) is 34.9 Å². The molecule has 78 valence electrons. The van der Waals surface area contributed by atoms with Crippen LogP contribution in [0.1, 0.15) is 16.7 Å². The van der Waals surface area contributed by atoms with Gasteiger partial charge in [0, 0.05) is 0 Å². The third kappa shape index (κ3) is 6.06. The lowest BCUT2D eigenvalue weighted by Gasteiger charge is -1.96. The lowest BCUT2D eigenvalue weighted by atomic mass is 10.1. The number of carbonyl (C=O) groups excluding carboxylic acids is 1. The normalized spacial score (nSPS) is 8.57. The number of rotatable bonds is 0. The van der Waals surface area contributed by atoms with E-state index in [1.54, 1.807) is 0 Å². The van der Waals surface area contributed by atoms with Crippen molar-refractivity contribution in [2.24, 2.45) is 5.73 Å². The van der Waals surface area contributed by atoms with E-state index >= 15 is 0 Å². The summed E-state index contributed by atoms with van der Waals surface area (Å²) in [6.07, 6.45) is -0.745. The van der Waals surface area contributed by atoms with E-state index in [4.69, 9.17) is 0 Å². The van der Waals surface area contributed by atoms with Gasteiger partial charge in [-0.05, 0) is 20.8 Å².